The van der Waals surface area contributed by atoms with Crippen molar-refractivity contribution >= 4 is 17.9 Å². The van der Waals surface area contributed by atoms with Crippen molar-refractivity contribution in [2.75, 3.05) is 13.2 Å². The second-order valence-electron chi connectivity index (χ2n) is 23.4. The van der Waals surface area contributed by atoms with Crippen LogP contribution in [0.15, 0.2) is 24.3 Å². The third-order valence-electron chi connectivity index (χ3n) is 15.7. The van der Waals surface area contributed by atoms with Crippen LogP contribution in [0, 0.1) is 0 Å². The maximum atomic E-state index is 12.9. The fourth-order valence-corrected chi connectivity index (χ4v) is 10.5. The van der Waals surface area contributed by atoms with Crippen LogP contribution in [0.5, 0.6) is 0 Å². The molecule has 0 saturated carbocycles. The number of unbranched alkanes of at least 4 members (excludes halogenated alkanes) is 49. The van der Waals surface area contributed by atoms with E-state index >= 15 is 0 Å². The summed E-state index contributed by atoms with van der Waals surface area (Å²) in [5.41, 5.74) is 0. The molecule has 0 bridgehead atoms. The van der Waals surface area contributed by atoms with Crippen LogP contribution in [-0.4, -0.2) is 37.2 Å². The highest BCUT2D eigenvalue weighted by molar-refractivity contribution is 5.71. The predicted molar refractivity (Wildman–Crippen MR) is 330 cm³/mol. The number of carbonyl (C=O) groups is 3. The van der Waals surface area contributed by atoms with Gasteiger partial charge in [0.2, 0.25) is 0 Å². The summed E-state index contributed by atoms with van der Waals surface area (Å²) in [6.45, 7) is 6.69. The lowest BCUT2D eigenvalue weighted by molar-refractivity contribution is -0.167. The van der Waals surface area contributed by atoms with Gasteiger partial charge in [-0.3, -0.25) is 14.4 Å². The van der Waals surface area contributed by atoms with Gasteiger partial charge >= 0.3 is 17.9 Å². The molecule has 0 heterocycles. The average molecular weight is 1070 g/mol. The standard InChI is InChI=1S/C70H132O6/c1-4-7-10-13-16-19-22-25-27-29-31-33-35-37-38-40-42-45-48-51-54-57-60-63-69(72)75-66-67(65-74-68(71)62-59-56-53-50-47-44-24-21-18-15-12-9-6-3)76-70(73)64-61-58-55-52-49-46-43-41-39-36-34-32-30-28-26-23-20-17-14-11-8-5-2/h21,24,29,31,67H,4-20,22-23,25-28,30,32-66H2,1-3H3/b24-21-,31-29-. The minimum Gasteiger partial charge on any atom is -0.462 e. The Hall–Kier alpha value is -2.11. The molecule has 0 aromatic rings. The number of ether oxygens (including phenoxy) is 3. The maximum Gasteiger partial charge on any atom is 0.306 e. The summed E-state index contributed by atoms with van der Waals surface area (Å²) in [4.78, 5) is 38.4. The van der Waals surface area contributed by atoms with Gasteiger partial charge in [-0.25, -0.2) is 0 Å². The van der Waals surface area contributed by atoms with Crippen molar-refractivity contribution in [1.29, 1.82) is 0 Å². The van der Waals surface area contributed by atoms with Crippen LogP contribution in [0.2, 0.25) is 0 Å². The number of carbonyl (C=O) groups excluding carboxylic acids is 3. The lowest BCUT2D eigenvalue weighted by atomic mass is 10.0. The molecule has 448 valence electrons. The summed E-state index contributed by atoms with van der Waals surface area (Å²) in [6.07, 6.45) is 79.2. The largest absolute Gasteiger partial charge is 0.462 e. The fourth-order valence-electron chi connectivity index (χ4n) is 10.5. The smallest absolute Gasteiger partial charge is 0.306 e. The van der Waals surface area contributed by atoms with Crippen LogP contribution in [0.25, 0.3) is 0 Å². The molecule has 0 aliphatic heterocycles. The third kappa shape index (κ3) is 62.7. The SMILES string of the molecule is CCCCCC/C=C\CCCCCCCC(=O)OCC(COC(=O)CCCCCCCCCCCCC/C=C\CCCCCCCCCC)OC(=O)CCCCCCCCCCCCCCCCCCCCCCCC. The van der Waals surface area contributed by atoms with Gasteiger partial charge in [0.1, 0.15) is 13.2 Å². The molecule has 0 aliphatic rings. The van der Waals surface area contributed by atoms with Gasteiger partial charge in [-0.15, -0.1) is 0 Å². The van der Waals surface area contributed by atoms with Gasteiger partial charge < -0.3 is 14.2 Å². The Morgan fingerprint density at radius 1 is 0.250 bits per heavy atom. The number of rotatable bonds is 64. The van der Waals surface area contributed by atoms with Gasteiger partial charge in [-0.2, -0.15) is 0 Å². The number of hydrogen-bond donors (Lipinski definition) is 0. The molecule has 0 aliphatic carbocycles. The van der Waals surface area contributed by atoms with E-state index < -0.39 is 6.10 Å². The molecule has 1 atom stereocenters. The van der Waals surface area contributed by atoms with Crippen LogP contribution in [0.3, 0.4) is 0 Å². The molecule has 0 rings (SSSR count). The van der Waals surface area contributed by atoms with Gasteiger partial charge in [0.05, 0.1) is 0 Å². The first kappa shape index (κ1) is 73.9. The summed E-state index contributed by atoms with van der Waals surface area (Å²) >= 11 is 0. The zero-order valence-corrected chi connectivity index (χ0v) is 51.6. The molecule has 1 unspecified atom stereocenters. The molecule has 0 fully saturated rings. The Morgan fingerprint density at radius 3 is 0.671 bits per heavy atom. The van der Waals surface area contributed by atoms with Gasteiger partial charge in [0.25, 0.3) is 0 Å². The van der Waals surface area contributed by atoms with Crippen LogP contribution < -0.4 is 0 Å². The monoisotopic (exact) mass is 1070 g/mol. The second kappa shape index (κ2) is 65.4. The highest BCUT2D eigenvalue weighted by Crippen LogP contribution is 2.18. The van der Waals surface area contributed by atoms with Crippen molar-refractivity contribution in [2.24, 2.45) is 0 Å². The van der Waals surface area contributed by atoms with E-state index in [9.17, 15) is 14.4 Å². The minimum atomic E-state index is -0.772. The van der Waals surface area contributed by atoms with Crippen molar-refractivity contribution in [3.8, 4) is 0 Å². The first-order valence-electron chi connectivity index (χ1n) is 34.3. The summed E-state index contributed by atoms with van der Waals surface area (Å²) < 4.78 is 17.0. The molecule has 0 aromatic carbocycles. The zero-order chi connectivity index (χ0) is 55.0. The Kier molecular flexibility index (Phi) is 63.6. The molecular weight excluding hydrogens is 937 g/mol. The predicted octanol–water partition coefficient (Wildman–Crippen LogP) is 23.4. The molecule has 76 heavy (non-hydrogen) atoms. The normalized spacial score (nSPS) is 12.1. The minimum absolute atomic E-state index is 0.0690. The van der Waals surface area contributed by atoms with Crippen molar-refractivity contribution in [3.63, 3.8) is 0 Å². The maximum absolute atomic E-state index is 12.9. The van der Waals surface area contributed by atoms with Gasteiger partial charge in [0.15, 0.2) is 6.10 Å². The van der Waals surface area contributed by atoms with E-state index in [1.165, 1.54) is 283 Å². The number of hydrogen-bond acceptors (Lipinski definition) is 6. The van der Waals surface area contributed by atoms with E-state index in [4.69, 9.17) is 14.2 Å². The van der Waals surface area contributed by atoms with Crippen LogP contribution >= 0.6 is 0 Å². The van der Waals surface area contributed by atoms with Crippen LogP contribution in [-0.2, 0) is 28.6 Å². The van der Waals surface area contributed by atoms with Crippen molar-refractivity contribution in [1.82, 2.24) is 0 Å². The number of esters is 3. The molecule has 0 N–H and O–H groups in total. The first-order valence-corrected chi connectivity index (χ1v) is 34.3. The molecule has 6 heteroatoms. The fraction of sp³-hybridized carbons (Fsp3) is 0.900. The Balaban J connectivity index is 4.24. The first-order chi connectivity index (χ1) is 37.5. The Bertz CT molecular complexity index is 1230. The molecule has 0 amide bonds. The van der Waals surface area contributed by atoms with E-state index in [0.717, 1.165) is 64.2 Å². The number of allylic oxidation sites excluding steroid dienone is 4. The molecular formula is C70H132O6. The summed E-state index contributed by atoms with van der Waals surface area (Å²) in [5, 5.41) is 0. The summed E-state index contributed by atoms with van der Waals surface area (Å²) in [5.74, 6) is -0.849. The third-order valence-corrected chi connectivity index (χ3v) is 15.7. The van der Waals surface area contributed by atoms with E-state index in [2.05, 4.69) is 45.1 Å². The highest BCUT2D eigenvalue weighted by atomic mass is 16.6. The molecule has 0 spiro atoms. The van der Waals surface area contributed by atoms with Crippen molar-refractivity contribution < 1.29 is 28.6 Å². The quantitative estimate of drug-likeness (QED) is 0.0261. The van der Waals surface area contributed by atoms with Crippen molar-refractivity contribution in [2.45, 2.75) is 393 Å². The Labute approximate surface area is 474 Å². The van der Waals surface area contributed by atoms with E-state index in [1.807, 2.05) is 0 Å². The Morgan fingerprint density at radius 2 is 0.434 bits per heavy atom. The molecule has 0 saturated heterocycles. The van der Waals surface area contributed by atoms with Gasteiger partial charge in [-0.1, -0.05) is 321 Å². The average Bonchev–Trinajstić information content (AvgIpc) is 3.42. The summed E-state index contributed by atoms with van der Waals surface area (Å²) in [7, 11) is 0. The molecule has 0 radical (unpaired) electrons. The highest BCUT2D eigenvalue weighted by Gasteiger charge is 2.19. The van der Waals surface area contributed by atoms with Gasteiger partial charge in [0, 0.05) is 19.3 Å². The van der Waals surface area contributed by atoms with E-state index in [1.54, 1.807) is 0 Å². The van der Waals surface area contributed by atoms with Crippen molar-refractivity contribution in [3.05, 3.63) is 24.3 Å². The van der Waals surface area contributed by atoms with Gasteiger partial charge in [-0.05, 0) is 70.6 Å². The lowest BCUT2D eigenvalue weighted by Gasteiger charge is -2.18. The van der Waals surface area contributed by atoms with E-state index in [0.29, 0.717) is 19.3 Å². The lowest BCUT2D eigenvalue weighted by Crippen LogP contribution is -2.30. The van der Waals surface area contributed by atoms with Crippen LogP contribution in [0.1, 0.15) is 387 Å². The van der Waals surface area contributed by atoms with E-state index in [-0.39, 0.29) is 31.1 Å². The van der Waals surface area contributed by atoms with Crippen LogP contribution in [0.4, 0.5) is 0 Å². The summed E-state index contributed by atoms with van der Waals surface area (Å²) in [6, 6.07) is 0. The zero-order valence-electron chi connectivity index (χ0n) is 51.6. The molecule has 6 nitrogen and oxygen atoms in total. The molecule has 0 aromatic heterocycles. The second-order valence-corrected chi connectivity index (χ2v) is 23.4. The topological polar surface area (TPSA) is 78.9 Å².